The summed E-state index contributed by atoms with van der Waals surface area (Å²) in [6.45, 7) is 3.71. The highest BCUT2D eigenvalue weighted by Crippen LogP contribution is 2.13. The summed E-state index contributed by atoms with van der Waals surface area (Å²) < 4.78 is 0. The van der Waals surface area contributed by atoms with Gasteiger partial charge in [0.1, 0.15) is 0 Å². The molecule has 0 aliphatic rings. The van der Waals surface area contributed by atoms with Crippen LogP contribution in [0.5, 0.6) is 0 Å². The molecule has 0 spiro atoms. The minimum atomic E-state index is -0.880. The summed E-state index contributed by atoms with van der Waals surface area (Å²) in [5, 5.41) is 13.2. The van der Waals surface area contributed by atoms with Gasteiger partial charge in [-0.1, -0.05) is 12.1 Å². The fraction of sp³-hybridized carbons (Fsp3) is 0.353. The van der Waals surface area contributed by atoms with Crippen molar-refractivity contribution in [2.24, 2.45) is 0 Å². The summed E-state index contributed by atoms with van der Waals surface area (Å²) in [7, 11) is 4.15. The number of thiophene rings is 1. The highest BCUT2D eigenvalue weighted by Gasteiger charge is 2.09. The molecule has 118 valence electrons. The van der Waals surface area contributed by atoms with Crippen LogP contribution in [0, 0.1) is 0 Å². The van der Waals surface area contributed by atoms with E-state index in [2.05, 4.69) is 40.7 Å². The van der Waals surface area contributed by atoms with Gasteiger partial charge in [0.25, 0.3) is 0 Å². The molecule has 1 heterocycles. The van der Waals surface area contributed by atoms with Gasteiger partial charge in [-0.15, -0.1) is 0 Å². The average Bonchev–Trinajstić information content (AvgIpc) is 2.98. The summed E-state index contributed by atoms with van der Waals surface area (Å²) in [6.07, 6.45) is 0. The predicted octanol–water partition coefficient (Wildman–Crippen LogP) is 3.01. The molecule has 0 amide bonds. The topological polar surface area (TPSA) is 43.8 Å². The van der Waals surface area contributed by atoms with E-state index in [1.807, 2.05) is 12.1 Å². The van der Waals surface area contributed by atoms with E-state index in [0.29, 0.717) is 5.56 Å². The molecule has 0 saturated carbocycles. The maximum Gasteiger partial charge on any atom is 0.335 e. The summed E-state index contributed by atoms with van der Waals surface area (Å²) in [4.78, 5) is 15.5. The third-order valence-corrected chi connectivity index (χ3v) is 4.19. The first kappa shape index (κ1) is 16.7. The lowest BCUT2D eigenvalue weighted by atomic mass is 10.1. The van der Waals surface area contributed by atoms with E-state index in [9.17, 15) is 4.79 Å². The normalized spacial score (nSPS) is 11.3. The van der Waals surface area contributed by atoms with Gasteiger partial charge in [-0.2, -0.15) is 11.3 Å². The number of hydrogen-bond donors (Lipinski definition) is 1. The number of nitrogens with zero attached hydrogens (tertiary/aromatic N) is 2. The van der Waals surface area contributed by atoms with E-state index in [1.54, 1.807) is 23.5 Å². The van der Waals surface area contributed by atoms with Gasteiger partial charge < -0.3 is 10.0 Å². The molecule has 0 fully saturated rings. The zero-order valence-corrected chi connectivity index (χ0v) is 13.8. The number of hydrogen-bond acceptors (Lipinski definition) is 4. The van der Waals surface area contributed by atoms with Crippen molar-refractivity contribution in [3.8, 4) is 0 Å². The number of carboxylic acids is 1. The van der Waals surface area contributed by atoms with Crippen LogP contribution >= 0.6 is 11.3 Å². The van der Waals surface area contributed by atoms with Crippen LogP contribution in [0.25, 0.3) is 0 Å². The van der Waals surface area contributed by atoms with Crippen molar-refractivity contribution in [1.29, 1.82) is 0 Å². The van der Waals surface area contributed by atoms with Crippen LogP contribution in [-0.4, -0.2) is 48.1 Å². The van der Waals surface area contributed by atoms with Crippen molar-refractivity contribution in [3.63, 3.8) is 0 Å². The molecule has 5 heteroatoms. The Hall–Kier alpha value is -1.69. The van der Waals surface area contributed by atoms with Crippen LogP contribution in [0.4, 0.5) is 0 Å². The van der Waals surface area contributed by atoms with Gasteiger partial charge in [0.2, 0.25) is 0 Å². The van der Waals surface area contributed by atoms with Gasteiger partial charge in [-0.25, -0.2) is 4.79 Å². The standard InChI is InChI=1S/C17H22N2O2S/c1-18(2)8-9-19(12-15-7-10-22-13-15)11-14-3-5-16(6-4-14)17(20)21/h3-7,10,13H,8-9,11-12H2,1-2H3,(H,20,21). The quantitative estimate of drug-likeness (QED) is 0.812. The van der Waals surface area contributed by atoms with Crippen LogP contribution in [0.15, 0.2) is 41.1 Å². The van der Waals surface area contributed by atoms with E-state index in [1.165, 1.54) is 5.56 Å². The van der Waals surface area contributed by atoms with Crippen molar-refractivity contribution in [1.82, 2.24) is 9.80 Å². The molecular weight excluding hydrogens is 296 g/mol. The highest BCUT2D eigenvalue weighted by atomic mass is 32.1. The monoisotopic (exact) mass is 318 g/mol. The maximum atomic E-state index is 10.9. The molecular formula is C17H22N2O2S. The molecule has 0 atom stereocenters. The van der Waals surface area contributed by atoms with Crippen LogP contribution < -0.4 is 0 Å². The second-order valence-corrected chi connectivity index (χ2v) is 6.43. The molecule has 1 N–H and O–H groups in total. The molecule has 2 rings (SSSR count). The fourth-order valence-corrected chi connectivity index (χ4v) is 2.87. The van der Waals surface area contributed by atoms with E-state index in [0.717, 1.165) is 31.7 Å². The maximum absolute atomic E-state index is 10.9. The molecule has 0 bridgehead atoms. The second kappa shape index (κ2) is 8.08. The van der Waals surface area contributed by atoms with Gasteiger partial charge in [-0.3, -0.25) is 4.90 Å². The summed E-state index contributed by atoms with van der Waals surface area (Å²) >= 11 is 1.72. The number of carbonyl (C=O) groups is 1. The number of benzene rings is 1. The minimum absolute atomic E-state index is 0.335. The van der Waals surface area contributed by atoms with E-state index >= 15 is 0 Å². The van der Waals surface area contributed by atoms with Crippen molar-refractivity contribution >= 4 is 17.3 Å². The SMILES string of the molecule is CN(C)CCN(Cc1ccc(C(=O)O)cc1)Cc1ccsc1. The highest BCUT2D eigenvalue weighted by molar-refractivity contribution is 7.07. The lowest BCUT2D eigenvalue weighted by Gasteiger charge is -2.24. The van der Waals surface area contributed by atoms with Gasteiger partial charge in [0.15, 0.2) is 0 Å². The molecule has 0 unspecified atom stereocenters. The predicted molar refractivity (Wildman–Crippen MR) is 90.4 cm³/mol. The molecule has 1 aromatic heterocycles. The molecule has 1 aromatic carbocycles. The number of likely N-dealkylation sites (N-methyl/N-ethyl adjacent to an activating group) is 1. The first-order valence-corrected chi connectivity index (χ1v) is 8.19. The summed E-state index contributed by atoms with van der Waals surface area (Å²) in [5.74, 6) is -0.880. The lowest BCUT2D eigenvalue weighted by molar-refractivity contribution is 0.0697. The van der Waals surface area contributed by atoms with Crippen molar-refractivity contribution < 1.29 is 9.90 Å². The number of rotatable bonds is 8. The van der Waals surface area contributed by atoms with Crippen LogP contribution in [0.2, 0.25) is 0 Å². The van der Waals surface area contributed by atoms with E-state index < -0.39 is 5.97 Å². The molecule has 0 aliphatic carbocycles. The Kier molecular flexibility index (Phi) is 6.12. The molecule has 4 nitrogen and oxygen atoms in total. The van der Waals surface area contributed by atoms with Crippen molar-refractivity contribution in [2.75, 3.05) is 27.2 Å². The average molecular weight is 318 g/mol. The minimum Gasteiger partial charge on any atom is -0.478 e. The Balaban J connectivity index is 2.02. The van der Waals surface area contributed by atoms with Crippen LogP contribution in [0.3, 0.4) is 0 Å². The largest absolute Gasteiger partial charge is 0.478 e. The Morgan fingerprint density at radius 1 is 1.05 bits per heavy atom. The van der Waals surface area contributed by atoms with E-state index in [-0.39, 0.29) is 0 Å². The Bertz CT molecular complexity index is 579. The number of aromatic carboxylic acids is 1. The van der Waals surface area contributed by atoms with Gasteiger partial charge in [-0.05, 0) is 54.2 Å². The molecule has 22 heavy (non-hydrogen) atoms. The van der Waals surface area contributed by atoms with Gasteiger partial charge in [0, 0.05) is 26.2 Å². The van der Waals surface area contributed by atoms with Crippen LogP contribution in [0.1, 0.15) is 21.5 Å². The van der Waals surface area contributed by atoms with Crippen molar-refractivity contribution in [2.45, 2.75) is 13.1 Å². The number of carboxylic acid groups (broad SMARTS) is 1. The fourth-order valence-electron chi connectivity index (χ4n) is 2.21. The summed E-state index contributed by atoms with van der Waals surface area (Å²) in [6, 6.07) is 9.30. The smallest absolute Gasteiger partial charge is 0.335 e. The third kappa shape index (κ3) is 5.26. The Morgan fingerprint density at radius 3 is 2.27 bits per heavy atom. The van der Waals surface area contributed by atoms with Crippen molar-refractivity contribution in [3.05, 3.63) is 57.8 Å². The first-order chi connectivity index (χ1) is 10.5. The lowest BCUT2D eigenvalue weighted by Crippen LogP contribution is -2.31. The third-order valence-electron chi connectivity index (χ3n) is 3.46. The zero-order chi connectivity index (χ0) is 15.9. The molecule has 0 aliphatic heterocycles. The summed E-state index contributed by atoms with van der Waals surface area (Å²) in [5.41, 5.74) is 2.80. The van der Waals surface area contributed by atoms with Gasteiger partial charge in [0.05, 0.1) is 5.56 Å². The second-order valence-electron chi connectivity index (χ2n) is 5.65. The Labute approximate surface area is 135 Å². The van der Waals surface area contributed by atoms with Gasteiger partial charge >= 0.3 is 5.97 Å². The Morgan fingerprint density at radius 2 is 1.73 bits per heavy atom. The molecule has 0 radical (unpaired) electrons. The molecule has 2 aromatic rings. The first-order valence-electron chi connectivity index (χ1n) is 7.25. The zero-order valence-electron chi connectivity index (χ0n) is 13.0. The van der Waals surface area contributed by atoms with Crippen LogP contribution in [-0.2, 0) is 13.1 Å². The molecule has 0 saturated heterocycles. The van der Waals surface area contributed by atoms with E-state index in [4.69, 9.17) is 5.11 Å².